The van der Waals surface area contributed by atoms with Gasteiger partial charge in [0.1, 0.15) is 0 Å². The topological polar surface area (TPSA) is 46.3 Å². The van der Waals surface area contributed by atoms with Crippen LogP contribution in [0.4, 0.5) is 0 Å². The van der Waals surface area contributed by atoms with Gasteiger partial charge in [-0.1, -0.05) is 39.5 Å². The van der Waals surface area contributed by atoms with Gasteiger partial charge >= 0.3 is 0 Å². The molecule has 17 heavy (non-hydrogen) atoms. The lowest BCUT2D eigenvalue weighted by Crippen LogP contribution is -2.36. The number of rotatable bonds is 10. The summed E-state index contributed by atoms with van der Waals surface area (Å²) in [5.74, 6) is 0.697. The highest BCUT2D eigenvalue weighted by Gasteiger charge is 2.13. The molecule has 0 spiro atoms. The molecule has 0 radical (unpaired) electrons. The monoisotopic (exact) mass is 242 g/mol. The fourth-order valence-corrected chi connectivity index (χ4v) is 1.90. The molecule has 0 aromatic carbocycles. The van der Waals surface area contributed by atoms with Crippen LogP contribution in [0.25, 0.3) is 0 Å². The number of carbonyl (C=O) groups excluding carboxylic acids is 1. The quantitative estimate of drug-likeness (QED) is 0.599. The Morgan fingerprint density at radius 3 is 2.35 bits per heavy atom. The number of hydrogen-bond acceptors (Lipinski definition) is 2. The molecular weight excluding hydrogens is 212 g/mol. The van der Waals surface area contributed by atoms with E-state index in [9.17, 15) is 4.79 Å². The molecule has 1 atom stereocenters. The Morgan fingerprint density at radius 1 is 1.18 bits per heavy atom. The minimum atomic E-state index is 0.296. The smallest absolute Gasteiger partial charge is 0.222 e. The van der Waals surface area contributed by atoms with E-state index in [4.69, 9.17) is 5.73 Å². The molecule has 1 unspecified atom stereocenters. The summed E-state index contributed by atoms with van der Waals surface area (Å²) in [7, 11) is 0. The van der Waals surface area contributed by atoms with Crippen molar-refractivity contribution in [3.8, 4) is 0 Å². The maximum absolute atomic E-state index is 11.9. The molecule has 0 aliphatic rings. The number of nitrogens with two attached hydrogens (primary N) is 1. The molecule has 102 valence electrons. The van der Waals surface area contributed by atoms with Gasteiger partial charge in [-0.15, -0.1) is 0 Å². The van der Waals surface area contributed by atoms with Gasteiger partial charge in [-0.3, -0.25) is 4.79 Å². The van der Waals surface area contributed by atoms with Crippen LogP contribution in [0.5, 0.6) is 0 Å². The average molecular weight is 242 g/mol. The zero-order valence-corrected chi connectivity index (χ0v) is 11.9. The maximum Gasteiger partial charge on any atom is 0.222 e. The van der Waals surface area contributed by atoms with E-state index in [-0.39, 0.29) is 0 Å². The molecule has 0 heterocycles. The maximum atomic E-state index is 11.9. The van der Waals surface area contributed by atoms with Crippen LogP contribution in [0, 0.1) is 5.92 Å². The van der Waals surface area contributed by atoms with Crippen LogP contribution < -0.4 is 5.73 Å². The Kier molecular flexibility index (Phi) is 10.2. The second-order valence-corrected chi connectivity index (χ2v) is 4.94. The summed E-state index contributed by atoms with van der Waals surface area (Å²) < 4.78 is 0. The van der Waals surface area contributed by atoms with E-state index in [1.54, 1.807) is 0 Å². The summed E-state index contributed by atoms with van der Waals surface area (Å²) in [6, 6.07) is 0. The first-order valence-electron chi connectivity index (χ1n) is 7.13. The van der Waals surface area contributed by atoms with E-state index < -0.39 is 0 Å². The van der Waals surface area contributed by atoms with Crippen LogP contribution in [0.3, 0.4) is 0 Å². The molecular formula is C14H30N2O. The molecule has 0 aromatic rings. The average Bonchev–Trinajstić information content (AvgIpc) is 2.34. The third-order valence-electron chi connectivity index (χ3n) is 3.16. The second-order valence-electron chi connectivity index (χ2n) is 4.94. The van der Waals surface area contributed by atoms with Crippen molar-refractivity contribution >= 4 is 5.91 Å². The summed E-state index contributed by atoms with van der Waals surface area (Å²) in [5, 5.41) is 0. The van der Waals surface area contributed by atoms with Crippen molar-refractivity contribution < 1.29 is 4.79 Å². The normalized spacial score (nSPS) is 12.5. The van der Waals surface area contributed by atoms with Gasteiger partial charge in [-0.2, -0.15) is 0 Å². The Balaban J connectivity index is 3.76. The predicted octanol–water partition coefficient (Wildman–Crippen LogP) is 2.79. The van der Waals surface area contributed by atoms with Gasteiger partial charge in [0.15, 0.2) is 0 Å². The van der Waals surface area contributed by atoms with Gasteiger partial charge in [0, 0.05) is 19.5 Å². The first-order chi connectivity index (χ1) is 8.15. The highest BCUT2D eigenvalue weighted by molar-refractivity contribution is 5.76. The molecule has 0 saturated heterocycles. The molecule has 0 saturated carbocycles. The van der Waals surface area contributed by atoms with Crippen LogP contribution in [0.2, 0.25) is 0 Å². The Hall–Kier alpha value is -0.570. The highest BCUT2D eigenvalue weighted by atomic mass is 16.2. The fourth-order valence-electron chi connectivity index (χ4n) is 1.90. The third-order valence-corrected chi connectivity index (χ3v) is 3.16. The largest absolute Gasteiger partial charge is 0.343 e. The fraction of sp³-hybridized carbons (Fsp3) is 0.929. The van der Waals surface area contributed by atoms with Gasteiger partial charge in [0.2, 0.25) is 5.91 Å². The molecule has 0 aliphatic heterocycles. The molecule has 0 fully saturated rings. The van der Waals surface area contributed by atoms with Crippen LogP contribution in [0.1, 0.15) is 59.3 Å². The minimum Gasteiger partial charge on any atom is -0.343 e. The zero-order chi connectivity index (χ0) is 13.1. The van der Waals surface area contributed by atoms with Crippen LogP contribution >= 0.6 is 0 Å². The van der Waals surface area contributed by atoms with Gasteiger partial charge in [-0.25, -0.2) is 0 Å². The van der Waals surface area contributed by atoms with E-state index in [0.29, 0.717) is 24.8 Å². The first kappa shape index (κ1) is 16.4. The standard InChI is InChI=1S/C14H30N2O/c1-4-6-7-8-9-10-14(17)16(5-2)12-13(3)11-15/h13H,4-12,15H2,1-3H3. The number of carbonyl (C=O) groups is 1. The number of unbranched alkanes of at least 4 members (excludes halogenated alkanes) is 4. The lowest BCUT2D eigenvalue weighted by Gasteiger charge is -2.24. The molecule has 0 aromatic heterocycles. The van der Waals surface area contributed by atoms with Crippen molar-refractivity contribution in [3.05, 3.63) is 0 Å². The summed E-state index contributed by atoms with van der Waals surface area (Å²) in [4.78, 5) is 13.9. The van der Waals surface area contributed by atoms with Gasteiger partial charge in [0.05, 0.1) is 0 Å². The molecule has 0 bridgehead atoms. The van der Waals surface area contributed by atoms with E-state index in [0.717, 1.165) is 19.5 Å². The lowest BCUT2D eigenvalue weighted by molar-refractivity contribution is -0.131. The Morgan fingerprint density at radius 2 is 1.82 bits per heavy atom. The van der Waals surface area contributed by atoms with Crippen molar-refractivity contribution in [2.75, 3.05) is 19.6 Å². The van der Waals surface area contributed by atoms with Gasteiger partial charge in [-0.05, 0) is 25.8 Å². The van der Waals surface area contributed by atoms with Crippen LogP contribution in [0.15, 0.2) is 0 Å². The van der Waals surface area contributed by atoms with E-state index in [1.807, 2.05) is 11.8 Å². The van der Waals surface area contributed by atoms with E-state index >= 15 is 0 Å². The minimum absolute atomic E-state index is 0.296. The third kappa shape index (κ3) is 8.19. The number of amides is 1. The SMILES string of the molecule is CCCCCCCC(=O)N(CC)CC(C)CN. The summed E-state index contributed by atoms with van der Waals surface area (Å²) in [6.07, 6.45) is 6.72. The van der Waals surface area contributed by atoms with Crippen LogP contribution in [-0.2, 0) is 4.79 Å². The van der Waals surface area contributed by atoms with Crippen molar-refractivity contribution in [2.45, 2.75) is 59.3 Å². The zero-order valence-electron chi connectivity index (χ0n) is 11.9. The second kappa shape index (κ2) is 10.6. The summed E-state index contributed by atoms with van der Waals surface area (Å²) >= 11 is 0. The van der Waals surface area contributed by atoms with E-state index in [1.165, 1.54) is 25.7 Å². The summed E-state index contributed by atoms with van der Waals surface area (Å²) in [6.45, 7) is 8.60. The molecule has 0 aliphatic carbocycles. The molecule has 0 rings (SSSR count). The van der Waals surface area contributed by atoms with Crippen molar-refractivity contribution in [1.82, 2.24) is 4.90 Å². The van der Waals surface area contributed by atoms with Crippen LogP contribution in [-0.4, -0.2) is 30.4 Å². The molecule has 3 heteroatoms. The van der Waals surface area contributed by atoms with E-state index in [2.05, 4.69) is 13.8 Å². The van der Waals surface area contributed by atoms with Crippen molar-refractivity contribution in [3.63, 3.8) is 0 Å². The highest BCUT2D eigenvalue weighted by Crippen LogP contribution is 2.08. The lowest BCUT2D eigenvalue weighted by atomic mass is 10.1. The number of hydrogen-bond donors (Lipinski definition) is 1. The molecule has 3 nitrogen and oxygen atoms in total. The molecule has 1 amide bonds. The predicted molar refractivity (Wildman–Crippen MR) is 73.8 cm³/mol. The van der Waals surface area contributed by atoms with Crippen molar-refractivity contribution in [1.29, 1.82) is 0 Å². The van der Waals surface area contributed by atoms with Gasteiger partial charge in [0.25, 0.3) is 0 Å². The Labute approximate surface area is 107 Å². The first-order valence-corrected chi connectivity index (χ1v) is 7.13. The molecule has 2 N–H and O–H groups in total. The van der Waals surface area contributed by atoms with Crippen molar-refractivity contribution in [2.24, 2.45) is 11.7 Å². The van der Waals surface area contributed by atoms with Gasteiger partial charge < -0.3 is 10.6 Å². The summed E-state index contributed by atoms with van der Waals surface area (Å²) in [5.41, 5.74) is 5.59. The Bertz CT molecular complexity index is 195. The number of nitrogens with zero attached hydrogens (tertiary/aromatic N) is 1.